The Morgan fingerprint density at radius 3 is 2.62 bits per heavy atom. The van der Waals surface area contributed by atoms with Crippen LogP contribution in [-0.4, -0.2) is 24.6 Å². The number of carbonyl (C=O) groups is 2. The van der Waals surface area contributed by atoms with Gasteiger partial charge in [-0.15, -0.1) is 0 Å². The van der Waals surface area contributed by atoms with Crippen LogP contribution in [0.5, 0.6) is 0 Å². The number of hydrazone groups is 1. The van der Waals surface area contributed by atoms with E-state index in [1.165, 1.54) is 12.5 Å². The van der Waals surface area contributed by atoms with Gasteiger partial charge >= 0.3 is 0 Å². The van der Waals surface area contributed by atoms with Crippen LogP contribution in [-0.2, 0) is 16.0 Å². The number of hydrogen-bond donors (Lipinski definition) is 2. The summed E-state index contributed by atoms with van der Waals surface area (Å²) in [6.45, 7) is -0.124. The molecule has 0 bridgehead atoms. The van der Waals surface area contributed by atoms with Crippen molar-refractivity contribution < 1.29 is 14.0 Å². The van der Waals surface area contributed by atoms with E-state index in [0.717, 1.165) is 5.56 Å². The van der Waals surface area contributed by atoms with Gasteiger partial charge in [0, 0.05) is 0 Å². The number of amides is 2. The first-order valence-corrected chi connectivity index (χ1v) is 6.40. The molecule has 0 saturated carbocycles. The van der Waals surface area contributed by atoms with E-state index < -0.39 is 5.91 Å². The maximum atomic E-state index is 11.6. The molecule has 0 fully saturated rings. The Hall–Kier alpha value is -2.89. The third-order valence-electron chi connectivity index (χ3n) is 2.58. The molecule has 1 aromatic heterocycles. The zero-order valence-electron chi connectivity index (χ0n) is 11.3. The third-order valence-corrected chi connectivity index (χ3v) is 2.58. The van der Waals surface area contributed by atoms with Gasteiger partial charge in [-0.3, -0.25) is 9.59 Å². The summed E-state index contributed by atoms with van der Waals surface area (Å²) < 4.78 is 5.01. The quantitative estimate of drug-likeness (QED) is 0.615. The first-order valence-electron chi connectivity index (χ1n) is 6.40. The van der Waals surface area contributed by atoms with Gasteiger partial charge in [-0.25, -0.2) is 5.43 Å². The topological polar surface area (TPSA) is 83.7 Å². The summed E-state index contributed by atoms with van der Waals surface area (Å²) in [6.07, 6.45) is 3.13. The normalized spacial score (nSPS) is 10.5. The third kappa shape index (κ3) is 5.32. The summed E-state index contributed by atoms with van der Waals surface area (Å²) >= 11 is 0. The van der Waals surface area contributed by atoms with Crippen molar-refractivity contribution in [2.24, 2.45) is 5.10 Å². The molecule has 21 heavy (non-hydrogen) atoms. The highest BCUT2D eigenvalue weighted by Gasteiger charge is 2.05. The smallest absolute Gasteiger partial charge is 0.259 e. The molecule has 0 atom stereocenters. The summed E-state index contributed by atoms with van der Waals surface area (Å²) in [7, 11) is 0. The van der Waals surface area contributed by atoms with Crippen molar-refractivity contribution in [2.75, 3.05) is 6.54 Å². The molecule has 6 nitrogen and oxygen atoms in total. The van der Waals surface area contributed by atoms with Crippen LogP contribution in [0.3, 0.4) is 0 Å². The average Bonchev–Trinajstić information content (AvgIpc) is 2.99. The lowest BCUT2D eigenvalue weighted by molar-refractivity contribution is -0.125. The molecule has 0 saturated heterocycles. The Balaban J connectivity index is 1.68. The molecule has 2 aromatic rings. The number of benzene rings is 1. The number of nitrogens with zero attached hydrogens (tertiary/aromatic N) is 1. The van der Waals surface area contributed by atoms with Crippen LogP contribution in [0.4, 0.5) is 0 Å². The number of hydrogen-bond acceptors (Lipinski definition) is 4. The first-order chi connectivity index (χ1) is 10.2. The van der Waals surface area contributed by atoms with Crippen LogP contribution < -0.4 is 10.7 Å². The molecule has 0 radical (unpaired) electrons. The minimum atomic E-state index is -0.404. The fourth-order valence-electron chi connectivity index (χ4n) is 1.59. The van der Waals surface area contributed by atoms with Gasteiger partial charge < -0.3 is 9.73 Å². The Morgan fingerprint density at radius 1 is 1.10 bits per heavy atom. The Bertz CT molecular complexity index is 606. The molecule has 0 aliphatic rings. The van der Waals surface area contributed by atoms with Crippen LogP contribution in [0, 0.1) is 0 Å². The van der Waals surface area contributed by atoms with Crippen molar-refractivity contribution in [3.63, 3.8) is 0 Å². The highest BCUT2D eigenvalue weighted by Crippen LogP contribution is 1.98. The van der Waals surface area contributed by atoms with Crippen LogP contribution >= 0.6 is 0 Å². The number of rotatable bonds is 6. The number of nitrogens with one attached hydrogen (secondary N) is 2. The largest absolute Gasteiger partial charge is 0.463 e. The maximum absolute atomic E-state index is 11.6. The van der Waals surface area contributed by atoms with Gasteiger partial charge in [-0.1, -0.05) is 30.3 Å². The lowest BCUT2D eigenvalue weighted by Crippen LogP contribution is -2.35. The van der Waals surface area contributed by atoms with Gasteiger partial charge in [0.1, 0.15) is 5.76 Å². The second-order valence-corrected chi connectivity index (χ2v) is 4.25. The van der Waals surface area contributed by atoms with Crippen molar-refractivity contribution in [3.8, 4) is 0 Å². The highest BCUT2D eigenvalue weighted by atomic mass is 16.3. The Kier molecular flexibility index (Phi) is 5.28. The summed E-state index contributed by atoms with van der Waals surface area (Å²) in [5.74, 6) is -0.0889. The maximum Gasteiger partial charge on any atom is 0.259 e. The standard InChI is InChI=1S/C15H15N3O3/c19-14(9-12-5-2-1-3-6-12)16-11-15(20)18-17-10-13-7-4-8-21-13/h1-8,10H,9,11H2,(H,16,19)(H,18,20)/b17-10+. The SMILES string of the molecule is O=C(Cc1ccccc1)NCC(=O)N/N=C/c1ccco1. The zero-order chi connectivity index (χ0) is 14.9. The van der Waals surface area contributed by atoms with Crippen LogP contribution in [0.1, 0.15) is 11.3 Å². The summed E-state index contributed by atoms with van der Waals surface area (Å²) in [5, 5.41) is 6.23. The van der Waals surface area contributed by atoms with Crippen molar-refractivity contribution in [2.45, 2.75) is 6.42 Å². The first kappa shape index (κ1) is 14.5. The molecule has 2 rings (SSSR count). The van der Waals surface area contributed by atoms with Gasteiger partial charge in [0.2, 0.25) is 5.91 Å². The Labute approximate surface area is 121 Å². The van der Waals surface area contributed by atoms with Crippen LogP contribution in [0.15, 0.2) is 58.2 Å². The number of furan rings is 1. The van der Waals surface area contributed by atoms with Gasteiger partial charge in [0.15, 0.2) is 0 Å². The van der Waals surface area contributed by atoms with Gasteiger partial charge in [-0.05, 0) is 17.7 Å². The molecular formula is C15H15N3O3. The van der Waals surface area contributed by atoms with E-state index in [0.29, 0.717) is 5.76 Å². The van der Waals surface area contributed by atoms with E-state index in [4.69, 9.17) is 4.42 Å². The molecule has 0 aliphatic carbocycles. The van der Waals surface area contributed by atoms with E-state index in [1.54, 1.807) is 12.1 Å². The van der Waals surface area contributed by atoms with E-state index in [-0.39, 0.29) is 18.9 Å². The van der Waals surface area contributed by atoms with Crippen molar-refractivity contribution in [1.29, 1.82) is 0 Å². The van der Waals surface area contributed by atoms with E-state index in [2.05, 4.69) is 15.8 Å². The average molecular weight is 285 g/mol. The fourth-order valence-corrected chi connectivity index (χ4v) is 1.59. The van der Waals surface area contributed by atoms with E-state index in [9.17, 15) is 9.59 Å². The molecule has 0 aliphatic heterocycles. The van der Waals surface area contributed by atoms with Crippen LogP contribution in [0.25, 0.3) is 0 Å². The molecule has 2 amide bonds. The molecule has 0 unspecified atom stereocenters. The summed E-state index contributed by atoms with van der Waals surface area (Å²) in [5.41, 5.74) is 3.19. The van der Waals surface area contributed by atoms with Crippen molar-refractivity contribution >= 4 is 18.0 Å². The second kappa shape index (κ2) is 7.64. The molecule has 1 aromatic carbocycles. The lowest BCUT2D eigenvalue weighted by Gasteiger charge is -2.04. The molecule has 0 spiro atoms. The number of carbonyl (C=O) groups excluding carboxylic acids is 2. The lowest BCUT2D eigenvalue weighted by atomic mass is 10.1. The molecule has 6 heteroatoms. The molecule has 108 valence electrons. The monoisotopic (exact) mass is 285 g/mol. The van der Waals surface area contributed by atoms with Gasteiger partial charge in [-0.2, -0.15) is 5.10 Å². The minimum absolute atomic E-state index is 0.124. The van der Waals surface area contributed by atoms with Crippen molar-refractivity contribution in [1.82, 2.24) is 10.7 Å². The fraction of sp³-hybridized carbons (Fsp3) is 0.133. The highest BCUT2D eigenvalue weighted by molar-refractivity contribution is 5.86. The second-order valence-electron chi connectivity index (χ2n) is 4.25. The summed E-state index contributed by atoms with van der Waals surface area (Å²) in [4.78, 5) is 23.1. The molecular weight excluding hydrogens is 270 g/mol. The van der Waals surface area contributed by atoms with Gasteiger partial charge in [0.05, 0.1) is 25.4 Å². The molecule has 2 N–H and O–H groups in total. The van der Waals surface area contributed by atoms with E-state index >= 15 is 0 Å². The minimum Gasteiger partial charge on any atom is -0.463 e. The van der Waals surface area contributed by atoms with E-state index in [1.807, 2.05) is 30.3 Å². The summed E-state index contributed by atoms with van der Waals surface area (Å²) in [6, 6.07) is 12.7. The van der Waals surface area contributed by atoms with Crippen LogP contribution in [0.2, 0.25) is 0 Å². The van der Waals surface area contributed by atoms with Crippen molar-refractivity contribution in [3.05, 3.63) is 60.1 Å². The predicted molar refractivity (Wildman–Crippen MR) is 77.6 cm³/mol. The zero-order valence-corrected chi connectivity index (χ0v) is 11.3. The molecule has 1 heterocycles. The predicted octanol–water partition coefficient (Wildman–Crippen LogP) is 1.09. The van der Waals surface area contributed by atoms with Gasteiger partial charge in [0.25, 0.3) is 5.91 Å². The Morgan fingerprint density at radius 2 is 1.90 bits per heavy atom.